The van der Waals surface area contributed by atoms with Crippen LogP contribution in [0.3, 0.4) is 0 Å². The van der Waals surface area contributed by atoms with Crippen molar-refractivity contribution in [2.45, 2.75) is 18.9 Å². The Morgan fingerprint density at radius 2 is 2.15 bits per heavy atom. The molecule has 2 heteroatoms. The van der Waals surface area contributed by atoms with Crippen LogP contribution >= 0.6 is 0 Å². The van der Waals surface area contributed by atoms with Gasteiger partial charge in [-0.15, -0.1) is 0 Å². The van der Waals surface area contributed by atoms with E-state index in [1.165, 1.54) is 5.56 Å². The highest BCUT2D eigenvalue weighted by molar-refractivity contribution is 5.14. The summed E-state index contributed by atoms with van der Waals surface area (Å²) in [5.74, 6) is 0. The molecule has 0 radical (unpaired) electrons. The zero-order valence-electron chi connectivity index (χ0n) is 7.70. The molecule has 0 aromatic heterocycles. The number of rotatable bonds is 3. The fraction of sp³-hybridized carbons (Fsp3) is 0.455. The van der Waals surface area contributed by atoms with E-state index in [4.69, 9.17) is 4.74 Å². The second kappa shape index (κ2) is 4.40. The number of aryl methyl sites for hydroxylation is 1. The van der Waals surface area contributed by atoms with Gasteiger partial charge in [0.05, 0.1) is 12.8 Å². The van der Waals surface area contributed by atoms with E-state index in [1.807, 2.05) is 0 Å². The minimum Gasteiger partial charge on any atom is -0.362 e. The van der Waals surface area contributed by atoms with Crippen molar-refractivity contribution >= 4 is 0 Å². The molecule has 0 aliphatic carbocycles. The average Bonchev–Trinajstić information content (AvgIpc) is 2.69. The van der Waals surface area contributed by atoms with Gasteiger partial charge in [-0.25, -0.2) is 0 Å². The van der Waals surface area contributed by atoms with Crippen LogP contribution in [0.4, 0.5) is 0 Å². The Morgan fingerprint density at radius 1 is 1.31 bits per heavy atom. The molecule has 1 aliphatic rings. The highest BCUT2D eigenvalue weighted by atomic mass is 16.5. The van der Waals surface area contributed by atoms with Crippen molar-refractivity contribution < 1.29 is 4.74 Å². The van der Waals surface area contributed by atoms with Crippen LogP contribution in [-0.4, -0.2) is 19.4 Å². The second-order valence-electron chi connectivity index (χ2n) is 3.41. The van der Waals surface area contributed by atoms with E-state index in [2.05, 4.69) is 35.6 Å². The van der Waals surface area contributed by atoms with E-state index < -0.39 is 0 Å². The third-order valence-electron chi connectivity index (χ3n) is 2.39. The molecule has 1 N–H and O–H groups in total. The molecular weight excluding hydrogens is 162 g/mol. The van der Waals surface area contributed by atoms with Crippen molar-refractivity contribution in [1.29, 1.82) is 0 Å². The number of nitrogens with one attached hydrogen (secondary N) is 1. The van der Waals surface area contributed by atoms with E-state index in [0.29, 0.717) is 6.10 Å². The van der Waals surface area contributed by atoms with Gasteiger partial charge in [-0.05, 0) is 18.4 Å². The lowest BCUT2D eigenvalue weighted by molar-refractivity contribution is 0.107. The second-order valence-corrected chi connectivity index (χ2v) is 3.41. The van der Waals surface area contributed by atoms with Crippen LogP contribution in [0.1, 0.15) is 12.0 Å². The maximum Gasteiger partial charge on any atom is 0.0970 e. The molecule has 0 bridgehead atoms. The summed E-state index contributed by atoms with van der Waals surface area (Å²) in [6.45, 7) is 1.73. The van der Waals surface area contributed by atoms with Crippen molar-refractivity contribution in [3.63, 3.8) is 0 Å². The quantitative estimate of drug-likeness (QED) is 0.756. The zero-order chi connectivity index (χ0) is 8.93. The highest BCUT2D eigenvalue weighted by Gasteiger charge is 2.13. The predicted octanol–water partition coefficient (Wildman–Crippen LogP) is 1.57. The predicted molar refractivity (Wildman–Crippen MR) is 52.5 cm³/mol. The van der Waals surface area contributed by atoms with Crippen LogP contribution in [-0.2, 0) is 11.2 Å². The molecule has 1 fully saturated rings. The summed E-state index contributed by atoms with van der Waals surface area (Å²) < 4.78 is 5.46. The molecule has 13 heavy (non-hydrogen) atoms. The summed E-state index contributed by atoms with van der Waals surface area (Å²) >= 11 is 0. The van der Waals surface area contributed by atoms with Gasteiger partial charge in [0.25, 0.3) is 0 Å². The van der Waals surface area contributed by atoms with E-state index in [1.54, 1.807) is 0 Å². The molecule has 70 valence electrons. The third-order valence-corrected chi connectivity index (χ3v) is 2.39. The van der Waals surface area contributed by atoms with Gasteiger partial charge in [0.1, 0.15) is 0 Å². The van der Waals surface area contributed by atoms with Gasteiger partial charge in [0, 0.05) is 6.54 Å². The van der Waals surface area contributed by atoms with Crippen LogP contribution in [0.2, 0.25) is 0 Å². The summed E-state index contributed by atoms with van der Waals surface area (Å²) in [5, 5.41) is 3.19. The first-order valence-corrected chi connectivity index (χ1v) is 4.81. The molecule has 1 atom stereocenters. The minimum absolute atomic E-state index is 0.417. The lowest BCUT2D eigenvalue weighted by Crippen LogP contribution is -2.14. The van der Waals surface area contributed by atoms with E-state index in [-0.39, 0.29) is 0 Å². The molecule has 1 heterocycles. The Balaban J connectivity index is 1.79. The average molecular weight is 177 g/mol. The molecule has 2 rings (SSSR count). The van der Waals surface area contributed by atoms with Gasteiger partial charge in [0.15, 0.2) is 0 Å². The summed E-state index contributed by atoms with van der Waals surface area (Å²) in [7, 11) is 0. The highest BCUT2D eigenvalue weighted by Crippen LogP contribution is 2.08. The van der Waals surface area contributed by atoms with Gasteiger partial charge in [-0.3, -0.25) is 5.32 Å². The Bertz CT molecular complexity index is 242. The smallest absolute Gasteiger partial charge is 0.0970 e. The van der Waals surface area contributed by atoms with Gasteiger partial charge >= 0.3 is 0 Å². The van der Waals surface area contributed by atoms with E-state index >= 15 is 0 Å². The molecule has 2 nitrogen and oxygen atoms in total. The maximum atomic E-state index is 5.46. The van der Waals surface area contributed by atoms with Crippen LogP contribution in [0.15, 0.2) is 30.3 Å². The monoisotopic (exact) mass is 177 g/mol. The third kappa shape index (κ3) is 2.54. The molecular formula is C11H15NO. The molecule has 0 amide bonds. The van der Waals surface area contributed by atoms with Crippen molar-refractivity contribution in [3.8, 4) is 0 Å². The van der Waals surface area contributed by atoms with Crippen LogP contribution in [0.25, 0.3) is 0 Å². The normalized spacial score (nSPS) is 22.0. The molecule has 1 aromatic rings. The van der Waals surface area contributed by atoms with Crippen molar-refractivity contribution in [1.82, 2.24) is 5.32 Å². The lowest BCUT2D eigenvalue weighted by Gasteiger charge is -2.07. The first-order valence-electron chi connectivity index (χ1n) is 4.81. The Hall–Kier alpha value is -0.860. The first kappa shape index (κ1) is 8.73. The van der Waals surface area contributed by atoms with Crippen LogP contribution in [0, 0.1) is 0 Å². The van der Waals surface area contributed by atoms with Crippen LogP contribution in [0.5, 0.6) is 0 Å². The summed E-state index contributed by atoms with van der Waals surface area (Å²) in [5.41, 5.74) is 1.40. The topological polar surface area (TPSA) is 21.3 Å². The standard InChI is InChI=1S/C11H15NO/c1-2-4-10(5-3-1)6-7-11-8-12-9-13-11/h1-5,11-12H,6-9H2. The lowest BCUT2D eigenvalue weighted by atomic mass is 10.1. The maximum absolute atomic E-state index is 5.46. The Morgan fingerprint density at radius 3 is 2.85 bits per heavy atom. The van der Waals surface area contributed by atoms with Crippen molar-refractivity contribution in [2.75, 3.05) is 13.3 Å². The van der Waals surface area contributed by atoms with Crippen molar-refractivity contribution in [2.24, 2.45) is 0 Å². The molecule has 1 aromatic carbocycles. The van der Waals surface area contributed by atoms with Gasteiger partial charge in [-0.2, -0.15) is 0 Å². The zero-order valence-corrected chi connectivity index (χ0v) is 7.70. The first-order chi connectivity index (χ1) is 6.45. The van der Waals surface area contributed by atoms with E-state index in [0.717, 1.165) is 26.1 Å². The van der Waals surface area contributed by atoms with Crippen LogP contribution < -0.4 is 5.32 Å². The number of hydrogen-bond acceptors (Lipinski definition) is 2. The summed E-state index contributed by atoms with van der Waals surface area (Å²) in [6.07, 6.45) is 2.66. The summed E-state index contributed by atoms with van der Waals surface area (Å²) in [4.78, 5) is 0. The van der Waals surface area contributed by atoms with Crippen molar-refractivity contribution in [3.05, 3.63) is 35.9 Å². The number of ether oxygens (including phenoxy) is 1. The summed E-state index contributed by atoms with van der Waals surface area (Å²) in [6, 6.07) is 10.6. The van der Waals surface area contributed by atoms with Gasteiger partial charge in [0.2, 0.25) is 0 Å². The molecule has 1 aliphatic heterocycles. The Labute approximate surface area is 78.9 Å². The largest absolute Gasteiger partial charge is 0.362 e. The SMILES string of the molecule is c1ccc(CCC2CNCO2)cc1. The fourth-order valence-corrected chi connectivity index (χ4v) is 1.61. The minimum atomic E-state index is 0.417. The number of hydrogen-bond donors (Lipinski definition) is 1. The molecule has 1 unspecified atom stereocenters. The van der Waals surface area contributed by atoms with E-state index in [9.17, 15) is 0 Å². The van der Waals surface area contributed by atoms with Gasteiger partial charge in [-0.1, -0.05) is 30.3 Å². The molecule has 0 spiro atoms. The Kier molecular flexibility index (Phi) is 2.95. The fourth-order valence-electron chi connectivity index (χ4n) is 1.61. The van der Waals surface area contributed by atoms with Gasteiger partial charge < -0.3 is 4.74 Å². The molecule has 0 saturated carbocycles. The molecule has 1 saturated heterocycles. The number of benzene rings is 1.